The van der Waals surface area contributed by atoms with Gasteiger partial charge in [-0.15, -0.1) is 0 Å². The predicted molar refractivity (Wildman–Crippen MR) is 111 cm³/mol. The largest absolute Gasteiger partial charge is 0.490 e. The average molecular weight is 385 g/mol. The van der Waals surface area contributed by atoms with Crippen LogP contribution in [0.1, 0.15) is 26.3 Å². The highest BCUT2D eigenvalue weighted by atomic mass is 16.5. The van der Waals surface area contributed by atoms with Gasteiger partial charge in [-0.1, -0.05) is 0 Å². The number of hydrogen-bond acceptors (Lipinski definition) is 8. The number of nitrogens with two attached hydrogens (primary N) is 3. The summed E-state index contributed by atoms with van der Waals surface area (Å²) < 4.78 is 11.3. The van der Waals surface area contributed by atoms with Crippen LogP contribution in [0.5, 0.6) is 5.75 Å². The lowest BCUT2D eigenvalue weighted by molar-refractivity contribution is 0.0985. The van der Waals surface area contributed by atoms with Crippen LogP contribution in [0, 0.1) is 5.41 Å². The average Bonchev–Trinajstić information content (AvgIpc) is 2.60. The van der Waals surface area contributed by atoms with Crippen LogP contribution in [-0.2, 0) is 4.74 Å². The van der Waals surface area contributed by atoms with Gasteiger partial charge in [0, 0.05) is 23.9 Å². The first-order chi connectivity index (χ1) is 13.3. The number of nitrogens with one attached hydrogen (secondary N) is 1. The number of rotatable bonds is 5. The molecule has 2 aromatic rings. The lowest BCUT2D eigenvalue weighted by atomic mass is 10.0. The van der Waals surface area contributed by atoms with E-state index in [1.807, 2.05) is 19.9 Å². The molecule has 0 amide bonds. The number of benzene rings is 1. The Kier molecular flexibility index (Phi) is 5.55. The fourth-order valence-corrected chi connectivity index (χ4v) is 3.24. The van der Waals surface area contributed by atoms with Gasteiger partial charge in [0.1, 0.15) is 17.4 Å². The predicted octanol–water partition coefficient (Wildman–Crippen LogP) is 1.60. The Hall–Kier alpha value is -3.07. The van der Waals surface area contributed by atoms with Crippen LogP contribution in [0.15, 0.2) is 18.2 Å². The van der Waals surface area contributed by atoms with E-state index in [-0.39, 0.29) is 23.9 Å². The standard InChI is InChI=1S/C19H27N7O2/c1-10(2)28-15-7-12(6-13(20)17(15)18(21)22)14-8-16(25-19(23)24-14)26-4-5-27-9-11(26)3/h6-8,10-11H,4-5,9,20H2,1-3H3,(H3,21,22)(H2,23,24,25). The van der Waals surface area contributed by atoms with Gasteiger partial charge in [0.15, 0.2) is 0 Å². The maximum absolute atomic E-state index is 7.81. The van der Waals surface area contributed by atoms with Crippen LogP contribution in [0.25, 0.3) is 11.3 Å². The van der Waals surface area contributed by atoms with Crippen molar-refractivity contribution in [3.8, 4) is 17.0 Å². The van der Waals surface area contributed by atoms with Crippen molar-refractivity contribution in [2.75, 3.05) is 36.1 Å². The number of aromatic nitrogens is 2. The second kappa shape index (κ2) is 7.89. The number of anilines is 3. The van der Waals surface area contributed by atoms with Gasteiger partial charge >= 0.3 is 0 Å². The minimum Gasteiger partial charge on any atom is -0.490 e. The molecular weight excluding hydrogens is 358 g/mol. The Morgan fingerprint density at radius 3 is 2.68 bits per heavy atom. The quantitative estimate of drug-likeness (QED) is 0.344. The van der Waals surface area contributed by atoms with E-state index < -0.39 is 0 Å². The molecule has 150 valence electrons. The third-order valence-corrected chi connectivity index (χ3v) is 4.45. The molecule has 1 aromatic heterocycles. The first kappa shape index (κ1) is 19.7. The molecule has 1 fully saturated rings. The zero-order chi connectivity index (χ0) is 20.4. The zero-order valence-corrected chi connectivity index (χ0v) is 16.4. The monoisotopic (exact) mass is 385 g/mol. The summed E-state index contributed by atoms with van der Waals surface area (Å²) in [6.07, 6.45) is -0.104. The van der Waals surface area contributed by atoms with Gasteiger partial charge in [-0.05, 0) is 32.9 Å². The Balaban J connectivity index is 2.08. The Labute approximate surface area is 164 Å². The van der Waals surface area contributed by atoms with Gasteiger partial charge in [-0.25, -0.2) is 4.98 Å². The fourth-order valence-electron chi connectivity index (χ4n) is 3.24. The number of nitrogen functional groups attached to an aromatic ring is 3. The fraction of sp³-hybridized carbons (Fsp3) is 0.421. The molecule has 0 bridgehead atoms. The van der Waals surface area contributed by atoms with Gasteiger partial charge in [0.2, 0.25) is 5.95 Å². The number of morpholine rings is 1. The summed E-state index contributed by atoms with van der Waals surface area (Å²) in [5.74, 6) is 1.20. The summed E-state index contributed by atoms with van der Waals surface area (Å²) in [7, 11) is 0. The summed E-state index contributed by atoms with van der Waals surface area (Å²) in [6.45, 7) is 7.86. The van der Waals surface area contributed by atoms with Crippen LogP contribution < -0.4 is 26.8 Å². The Morgan fingerprint density at radius 1 is 1.29 bits per heavy atom. The topological polar surface area (TPSA) is 149 Å². The minimum atomic E-state index is -0.148. The lowest BCUT2D eigenvalue weighted by Crippen LogP contribution is -2.44. The van der Waals surface area contributed by atoms with Crippen molar-refractivity contribution in [1.82, 2.24) is 9.97 Å². The normalized spacial score (nSPS) is 17.0. The van der Waals surface area contributed by atoms with Crippen molar-refractivity contribution in [3.05, 3.63) is 23.8 Å². The third-order valence-electron chi connectivity index (χ3n) is 4.45. The molecule has 1 unspecified atom stereocenters. The van der Waals surface area contributed by atoms with E-state index in [0.717, 1.165) is 17.9 Å². The summed E-state index contributed by atoms with van der Waals surface area (Å²) in [6, 6.07) is 5.56. The van der Waals surface area contributed by atoms with Crippen molar-refractivity contribution in [3.63, 3.8) is 0 Å². The van der Waals surface area contributed by atoms with E-state index in [1.54, 1.807) is 12.1 Å². The molecule has 1 aromatic carbocycles. The van der Waals surface area contributed by atoms with E-state index in [1.165, 1.54) is 0 Å². The Bertz CT molecular complexity index is 885. The highest BCUT2D eigenvalue weighted by Crippen LogP contribution is 2.33. The highest BCUT2D eigenvalue weighted by Gasteiger charge is 2.22. The van der Waals surface area contributed by atoms with E-state index in [4.69, 9.17) is 32.1 Å². The van der Waals surface area contributed by atoms with E-state index in [9.17, 15) is 0 Å². The minimum absolute atomic E-state index is 0.104. The molecule has 1 atom stereocenters. The summed E-state index contributed by atoms with van der Waals surface area (Å²) >= 11 is 0. The van der Waals surface area contributed by atoms with Crippen molar-refractivity contribution in [1.29, 1.82) is 5.41 Å². The van der Waals surface area contributed by atoms with Gasteiger partial charge in [-0.3, -0.25) is 5.41 Å². The number of nitrogens with zero attached hydrogens (tertiary/aromatic N) is 3. The van der Waals surface area contributed by atoms with Crippen LogP contribution in [-0.4, -0.2) is 47.7 Å². The summed E-state index contributed by atoms with van der Waals surface area (Å²) in [4.78, 5) is 10.9. The van der Waals surface area contributed by atoms with Crippen molar-refractivity contribution >= 4 is 23.3 Å². The second-order valence-corrected chi connectivity index (χ2v) is 7.11. The van der Waals surface area contributed by atoms with Crippen molar-refractivity contribution in [2.45, 2.75) is 32.9 Å². The van der Waals surface area contributed by atoms with E-state index in [0.29, 0.717) is 35.9 Å². The van der Waals surface area contributed by atoms with Crippen LogP contribution in [0.4, 0.5) is 17.5 Å². The molecule has 0 saturated carbocycles. The van der Waals surface area contributed by atoms with Gasteiger partial charge < -0.3 is 31.6 Å². The Morgan fingerprint density at radius 2 is 2.04 bits per heavy atom. The lowest BCUT2D eigenvalue weighted by Gasteiger charge is -2.34. The second-order valence-electron chi connectivity index (χ2n) is 7.11. The molecule has 1 saturated heterocycles. The third kappa shape index (κ3) is 4.09. The molecule has 0 radical (unpaired) electrons. The van der Waals surface area contributed by atoms with Crippen LogP contribution >= 0.6 is 0 Å². The zero-order valence-electron chi connectivity index (χ0n) is 16.4. The number of hydrogen-bond donors (Lipinski definition) is 4. The SMILES string of the molecule is CC(C)Oc1cc(-c2cc(N3CCOCC3C)nc(N)n2)cc(N)c1C(=N)N. The summed E-state index contributed by atoms with van der Waals surface area (Å²) in [5.41, 5.74) is 19.9. The molecule has 2 heterocycles. The molecule has 9 nitrogen and oxygen atoms in total. The number of ether oxygens (including phenoxy) is 2. The van der Waals surface area contributed by atoms with Gasteiger partial charge in [-0.2, -0.15) is 4.98 Å². The van der Waals surface area contributed by atoms with E-state index in [2.05, 4.69) is 21.8 Å². The smallest absolute Gasteiger partial charge is 0.222 e. The van der Waals surface area contributed by atoms with Crippen LogP contribution in [0.3, 0.4) is 0 Å². The highest BCUT2D eigenvalue weighted by molar-refractivity contribution is 6.03. The molecular formula is C19H27N7O2. The molecule has 1 aliphatic rings. The van der Waals surface area contributed by atoms with Crippen molar-refractivity contribution in [2.24, 2.45) is 5.73 Å². The van der Waals surface area contributed by atoms with Gasteiger partial charge in [0.05, 0.1) is 36.6 Å². The molecule has 9 heteroatoms. The molecule has 28 heavy (non-hydrogen) atoms. The number of amidine groups is 1. The first-order valence-electron chi connectivity index (χ1n) is 9.20. The summed E-state index contributed by atoms with van der Waals surface area (Å²) in [5, 5.41) is 7.81. The molecule has 0 spiro atoms. The van der Waals surface area contributed by atoms with E-state index >= 15 is 0 Å². The maximum Gasteiger partial charge on any atom is 0.222 e. The first-order valence-corrected chi connectivity index (χ1v) is 9.20. The van der Waals surface area contributed by atoms with Gasteiger partial charge in [0.25, 0.3) is 0 Å². The molecule has 3 rings (SSSR count). The molecule has 7 N–H and O–H groups in total. The molecule has 1 aliphatic heterocycles. The maximum atomic E-state index is 7.81. The molecule has 0 aliphatic carbocycles. The van der Waals surface area contributed by atoms with Crippen LogP contribution in [0.2, 0.25) is 0 Å². The van der Waals surface area contributed by atoms with Crippen molar-refractivity contribution < 1.29 is 9.47 Å².